The van der Waals surface area contributed by atoms with Crippen LogP contribution < -0.4 is 5.32 Å². The molecule has 5 nitrogen and oxygen atoms in total. The van der Waals surface area contributed by atoms with Crippen LogP contribution in [0.2, 0.25) is 0 Å². The van der Waals surface area contributed by atoms with Crippen molar-refractivity contribution >= 4 is 16.6 Å². The summed E-state index contributed by atoms with van der Waals surface area (Å²) in [5.74, 6) is 1.32. The number of likely N-dealkylation sites (tertiary alicyclic amines) is 1. The Morgan fingerprint density at radius 3 is 2.25 bits per heavy atom. The third kappa shape index (κ3) is 5.60. The number of carbonyl (C=O) groups is 1. The van der Waals surface area contributed by atoms with Gasteiger partial charge in [0.15, 0.2) is 0 Å². The zero-order valence-electron chi connectivity index (χ0n) is 14.7. The molecule has 1 aromatic rings. The summed E-state index contributed by atoms with van der Waals surface area (Å²) < 4.78 is 21.5. The minimum Gasteiger partial charge on any atom is -0.347 e. The molecule has 1 fully saturated rings. The van der Waals surface area contributed by atoms with E-state index in [9.17, 15) is 13.2 Å². The van der Waals surface area contributed by atoms with Crippen molar-refractivity contribution < 1.29 is 13.2 Å². The molecule has 1 amide bonds. The third-order valence-corrected chi connectivity index (χ3v) is 5.07. The Hall–Kier alpha value is -1.40. The van der Waals surface area contributed by atoms with Crippen molar-refractivity contribution in [2.45, 2.75) is 44.9 Å². The van der Waals surface area contributed by atoms with Gasteiger partial charge in [0, 0.05) is 30.7 Å². The first-order valence-corrected chi connectivity index (χ1v) is 9.68. The summed E-state index contributed by atoms with van der Waals surface area (Å²) >= 11 is 0. The Balaban J connectivity index is 1.92. The highest BCUT2D eigenvalue weighted by molar-refractivity contribution is 7.71. The SMILES string of the molecule is C[C](C)CN1CCC(C)(NC(=O)c2ccc(C[SH](=O)=O)cc2)CC1. The Morgan fingerprint density at radius 1 is 1.17 bits per heavy atom. The number of carbonyl (C=O) groups excluding carboxylic acids is 1. The van der Waals surface area contributed by atoms with Gasteiger partial charge in [-0.05, 0) is 43.4 Å². The van der Waals surface area contributed by atoms with Gasteiger partial charge in [0.1, 0.15) is 10.7 Å². The van der Waals surface area contributed by atoms with Crippen molar-refractivity contribution in [3.8, 4) is 0 Å². The van der Waals surface area contributed by atoms with E-state index in [1.165, 1.54) is 5.92 Å². The smallest absolute Gasteiger partial charge is 0.251 e. The van der Waals surface area contributed by atoms with Crippen molar-refractivity contribution in [3.63, 3.8) is 0 Å². The molecular formula is C18H27N2O3S. The van der Waals surface area contributed by atoms with Crippen LogP contribution in [0.25, 0.3) is 0 Å². The molecular weight excluding hydrogens is 324 g/mol. The van der Waals surface area contributed by atoms with Crippen molar-refractivity contribution in [2.75, 3.05) is 19.6 Å². The zero-order chi connectivity index (χ0) is 17.7. The van der Waals surface area contributed by atoms with Gasteiger partial charge >= 0.3 is 0 Å². The Labute approximate surface area is 146 Å². The molecule has 133 valence electrons. The number of hydrogen-bond acceptors (Lipinski definition) is 4. The van der Waals surface area contributed by atoms with Crippen LogP contribution in [0.5, 0.6) is 0 Å². The number of piperidine rings is 1. The van der Waals surface area contributed by atoms with E-state index in [-0.39, 0.29) is 17.2 Å². The monoisotopic (exact) mass is 351 g/mol. The topological polar surface area (TPSA) is 66.5 Å². The molecule has 1 aliphatic rings. The lowest BCUT2D eigenvalue weighted by atomic mass is 9.89. The van der Waals surface area contributed by atoms with Gasteiger partial charge in [-0.2, -0.15) is 0 Å². The molecule has 1 radical (unpaired) electrons. The number of benzene rings is 1. The molecule has 0 atom stereocenters. The van der Waals surface area contributed by atoms with Gasteiger partial charge in [-0.3, -0.25) is 4.79 Å². The van der Waals surface area contributed by atoms with Crippen molar-refractivity contribution in [2.24, 2.45) is 0 Å². The first kappa shape index (κ1) is 18.9. The standard InChI is InChI=1S/C18H27N2O3S/c1-14(2)12-20-10-8-18(3,9-11-20)19-17(21)16-6-4-15(5-7-16)13-24(22)23/h4-7,24H,8-13H2,1-3H3,(H,19,21). The van der Waals surface area contributed by atoms with Crippen LogP contribution in [0.15, 0.2) is 24.3 Å². The van der Waals surface area contributed by atoms with Crippen molar-refractivity contribution in [3.05, 3.63) is 41.3 Å². The van der Waals surface area contributed by atoms with Crippen LogP contribution in [0.3, 0.4) is 0 Å². The lowest BCUT2D eigenvalue weighted by Crippen LogP contribution is -2.53. The minimum atomic E-state index is -2.44. The number of hydrogen-bond donors (Lipinski definition) is 2. The van der Waals surface area contributed by atoms with Crippen LogP contribution in [0.1, 0.15) is 49.5 Å². The summed E-state index contributed by atoms with van der Waals surface area (Å²) in [5, 5.41) is 3.15. The summed E-state index contributed by atoms with van der Waals surface area (Å²) in [4.78, 5) is 14.9. The zero-order valence-corrected chi connectivity index (χ0v) is 15.6. The van der Waals surface area contributed by atoms with E-state index >= 15 is 0 Å². The highest BCUT2D eigenvalue weighted by atomic mass is 32.2. The van der Waals surface area contributed by atoms with Gasteiger partial charge in [-0.15, -0.1) is 0 Å². The van der Waals surface area contributed by atoms with Gasteiger partial charge in [0.2, 0.25) is 0 Å². The molecule has 1 aliphatic heterocycles. The summed E-state index contributed by atoms with van der Waals surface area (Å²) in [6, 6.07) is 6.78. The van der Waals surface area contributed by atoms with Crippen LogP contribution in [0, 0.1) is 5.92 Å². The van der Waals surface area contributed by atoms with Gasteiger partial charge < -0.3 is 10.2 Å². The van der Waals surface area contributed by atoms with Crippen molar-refractivity contribution in [1.82, 2.24) is 10.2 Å². The minimum absolute atomic E-state index is 0.0125. The fraction of sp³-hybridized carbons (Fsp3) is 0.556. The second-order valence-electron chi connectivity index (χ2n) is 7.19. The number of thiol groups is 1. The predicted molar refractivity (Wildman–Crippen MR) is 96.6 cm³/mol. The molecule has 1 N–H and O–H groups in total. The van der Waals surface area contributed by atoms with E-state index in [2.05, 4.69) is 31.0 Å². The number of amides is 1. The fourth-order valence-corrected chi connectivity index (χ4v) is 3.54. The lowest BCUT2D eigenvalue weighted by Gasteiger charge is -2.40. The highest BCUT2D eigenvalue weighted by Gasteiger charge is 2.31. The summed E-state index contributed by atoms with van der Waals surface area (Å²) in [6.07, 6.45) is 1.86. The largest absolute Gasteiger partial charge is 0.347 e. The second kappa shape index (κ2) is 8.12. The van der Waals surface area contributed by atoms with E-state index in [0.29, 0.717) is 11.1 Å². The van der Waals surface area contributed by atoms with Crippen LogP contribution in [0.4, 0.5) is 0 Å². The van der Waals surface area contributed by atoms with Crippen LogP contribution in [-0.4, -0.2) is 44.4 Å². The van der Waals surface area contributed by atoms with Crippen LogP contribution in [-0.2, 0) is 16.5 Å². The first-order chi connectivity index (χ1) is 11.3. The predicted octanol–water partition coefficient (Wildman–Crippen LogP) is 2.00. The maximum atomic E-state index is 12.5. The molecule has 1 heterocycles. The molecule has 0 spiro atoms. The molecule has 0 saturated carbocycles. The Bertz CT molecular complexity index is 622. The molecule has 0 aliphatic carbocycles. The molecule has 6 heteroatoms. The molecule has 0 unspecified atom stereocenters. The fourth-order valence-electron chi connectivity index (χ4n) is 3.03. The molecule has 24 heavy (non-hydrogen) atoms. The van der Waals surface area contributed by atoms with E-state index in [1.807, 2.05) is 0 Å². The maximum absolute atomic E-state index is 12.5. The average molecular weight is 351 g/mol. The molecule has 0 aromatic heterocycles. The van der Waals surface area contributed by atoms with E-state index in [0.717, 1.165) is 32.5 Å². The summed E-state index contributed by atoms with van der Waals surface area (Å²) in [5.41, 5.74) is 1.08. The van der Waals surface area contributed by atoms with Gasteiger partial charge in [-0.1, -0.05) is 26.0 Å². The maximum Gasteiger partial charge on any atom is 0.251 e. The van der Waals surface area contributed by atoms with E-state index in [4.69, 9.17) is 0 Å². The Kier molecular flexibility index (Phi) is 6.40. The molecule has 0 bridgehead atoms. The quantitative estimate of drug-likeness (QED) is 0.770. The van der Waals surface area contributed by atoms with Crippen LogP contribution >= 0.6 is 0 Å². The van der Waals surface area contributed by atoms with Gasteiger partial charge in [-0.25, -0.2) is 8.42 Å². The third-order valence-electron chi connectivity index (χ3n) is 4.44. The first-order valence-electron chi connectivity index (χ1n) is 8.32. The number of nitrogens with zero attached hydrogens (tertiary/aromatic N) is 1. The molecule has 2 rings (SSSR count). The average Bonchev–Trinajstić information content (AvgIpc) is 2.49. The summed E-state index contributed by atoms with van der Waals surface area (Å²) in [6.45, 7) is 9.37. The van der Waals surface area contributed by atoms with Gasteiger partial charge in [0.05, 0.1) is 5.75 Å². The number of rotatable bonds is 6. The lowest BCUT2D eigenvalue weighted by molar-refractivity contribution is 0.0838. The van der Waals surface area contributed by atoms with E-state index in [1.54, 1.807) is 24.3 Å². The Morgan fingerprint density at radius 2 is 1.75 bits per heavy atom. The molecule has 1 aromatic carbocycles. The second-order valence-corrected chi connectivity index (χ2v) is 8.17. The molecule has 1 saturated heterocycles. The highest BCUT2D eigenvalue weighted by Crippen LogP contribution is 2.23. The normalized spacial score (nSPS) is 18.0. The number of nitrogens with one attached hydrogen (secondary N) is 1. The summed E-state index contributed by atoms with van der Waals surface area (Å²) in [7, 11) is -2.44. The van der Waals surface area contributed by atoms with Crippen molar-refractivity contribution in [1.29, 1.82) is 0 Å². The van der Waals surface area contributed by atoms with Gasteiger partial charge in [0.25, 0.3) is 5.91 Å². The van der Waals surface area contributed by atoms with E-state index < -0.39 is 10.7 Å².